The molecule has 0 radical (unpaired) electrons. The van der Waals surface area contributed by atoms with Gasteiger partial charge >= 0.3 is 0 Å². The van der Waals surface area contributed by atoms with Crippen LogP contribution in [-0.2, 0) is 0 Å². The summed E-state index contributed by atoms with van der Waals surface area (Å²) in [6.07, 6.45) is 2.79. The number of aliphatic hydroxyl groups is 1. The summed E-state index contributed by atoms with van der Waals surface area (Å²) in [5.74, 6) is 1.86. The van der Waals surface area contributed by atoms with Gasteiger partial charge < -0.3 is 5.11 Å². The first kappa shape index (κ1) is 13.7. The second kappa shape index (κ2) is 6.47. The Kier molecular flexibility index (Phi) is 4.44. The van der Waals surface area contributed by atoms with Gasteiger partial charge in [0.05, 0.1) is 6.10 Å². The molecular formula is C18H20OS. The predicted octanol–water partition coefficient (Wildman–Crippen LogP) is 4.78. The minimum absolute atomic E-state index is 0.319. The normalized spacial score (nSPS) is 18.8. The highest BCUT2D eigenvalue weighted by Gasteiger charge is 2.22. The molecule has 104 valence electrons. The zero-order valence-corrected chi connectivity index (χ0v) is 12.4. The van der Waals surface area contributed by atoms with E-state index in [1.165, 1.54) is 22.6 Å². The maximum Gasteiger partial charge on any atom is 0.0790 e. The van der Waals surface area contributed by atoms with E-state index in [9.17, 15) is 5.11 Å². The third-order valence-electron chi connectivity index (χ3n) is 4.01. The van der Waals surface area contributed by atoms with Crippen molar-refractivity contribution in [1.29, 1.82) is 0 Å². The Hall–Kier alpha value is -1.25. The molecule has 2 unspecified atom stereocenters. The third kappa shape index (κ3) is 3.08. The van der Waals surface area contributed by atoms with Crippen molar-refractivity contribution in [3.05, 3.63) is 65.7 Å². The monoisotopic (exact) mass is 284 g/mol. The standard InChI is InChI=1S/C18H20OS/c19-17(14-7-2-1-3-8-14)11-6-9-15-13-20-18-12-5-4-10-16(15)18/h1-5,7-8,10,12,15,17,19H,6,9,11,13H2. The third-order valence-corrected chi connectivity index (χ3v) is 5.27. The van der Waals surface area contributed by atoms with Crippen molar-refractivity contribution in [2.45, 2.75) is 36.2 Å². The second-order valence-electron chi connectivity index (χ2n) is 5.40. The molecule has 0 spiro atoms. The summed E-state index contributed by atoms with van der Waals surface area (Å²) in [7, 11) is 0. The molecule has 1 nitrogen and oxygen atoms in total. The minimum Gasteiger partial charge on any atom is -0.388 e. The maximum absolute atomic E-state index is 10.2. The van der Waals surface area contributed by atoms with Gasteiger partial charge in [0.25, 0.3) is 0 Å². The van der Waals surface area contributed by atoms with Gasteiger partial charge in [-0.05, 0) is 42.4 Å². The molecule has 1 aliphatic heterocycles. The molecule has 20 heavy (non-hydrogen) atoms. The number of hydrogen-bond donors (Lipinski definition) is 1. The second-order valence-corrected chi connectivity index (χ2v) is 6.46. The molecule has 0 saturated carbocycles. The molecule has 1 aliphatic rings. The van der Waals surface area contributed by atoms with Crippen LogP contribution in [0.4, 0.5) is 0 Å². The quantitative estimate of drug-likeness (QED) is 0.852. The molecule has 0 saturated heterocycles. The summed E-state index contributed by atoms with van der Waals surface area (Å²) < 4.78 is 0. The van der Waals surface area contributed by atoms with Crippen LogP contribution in [0, 0.1) is 0 Å². The van der Waals surface area contributed by atoms with E-state index in [4.69, 9.17) is 0 Å². The molecule has 2 aromatic rings. The van der Waals surface area contributed by atoms with Crippen molar-refractivity contribution in [3.63, 3.8) is 0 Å². The fourth-order valence-corrected chi connectivity index (χ4v) is 4.17. The molecule has 2 aromatic carbocycles. The summed E-state index contributed by atoms with van der Waals surface area (Å²) in [4.78, 5) is 1.45. The van der Waals surface area contributed by atoms with Crippen LogP contribution in [0.1, 0.15) is 42.4 Å². The van der Waals surface area contributed by atoms with Crippen LogP contribution in [0.25, 0.3) is 0 Å². The molecule has 0 fully saturated rings. The highest BCUT2D eigenvalue weighted by Crippen LogP contribution is 2.41. The van der Waals surface area contributed by atoms with Crippen LogP contribution in [-0.4, -0.2) is 10.9 Å². The molecule has 1 N–H and O–H groups in total. The van der Waals surface area contributed by atoms with Gasteiger partial charge in [0.1, 0.15) is 0 Å². The summed E-state index contributed by atoms with van der Waals surface area (Å²) in [6, 6.07) is 18.7. The Bertz CT molecular complexity index is 552. The van der Waals surface area contributed by atoms with Crippen molar-refractivity contribution in [1.82, 2.24) is 0 Å². The lowest BCUT2D eigenvalue weighted by Crippen LogP contribution is -2.01. The molecule has 0 bridgehead atoms. The van der Waals surface area contributed by atoms with Gasteiger partial charge in [-0.1, -0.05) is 48.5 Å². The minimum atomic E-state index is -0.319. The summed E-state index contributed by atoms with van der Waals surface area (Å²) in [5.41, 5.74) is 2.54. The molecule has 3 rings (SSSR count). The molecule has 2 atom stereocenters. The van der Waals surface area contributed by atoms with E-state index in [1.54, 1.807) is 0 Å². The van der Waals surface area contributed by atoms with E-state index in [0.717, 1.165) is 18.4 Å². The molecule has 2 heteroatoms. The summed E-state index contributed by atoms with van der Waals surface area (Å²) in [6.45, 7) is 0. The van der Waals surface area contributed by atoms with Gasteiger partial charge in [0, 0.05) is 10.6 Å². The largest absolute Gasteiger partial charge is 0.388 e. The van der Waals surface area contributed by atoms with Crippen molar-refractivity contribution >= 4 is 11.8 Å². The van der Waals surface area contributed by atoms with Crippen molar-refractivity contribution in [2.24, 2.45) is 0 Å². The number of thioether (sulfide) groups is 1. The van der Waals surface area contributed by atoms with E-state index in [-0.39, 0.29) is 6.10 Å². The van der Waals surface area contributed by atoms with Crippen LogP contribution in [0.5, 0.6) is 0 Å². The van der Waals surface area contributed by atoms with Crippen LogP contribution in [0.2, 0.25) is 0 Å². The van der Waals surface area contributed by atoms with Gasteiger partial charge in [0.15, 0.2) is 0 Å². The zero-order chi connectivity index (χ0) is 13.8. The van der Waals surface area contributed by atoms with Gasteiger partial charge in [-0.2, -0.15) is 0 Å². The maximum atomic E-state index is 10.2. The molecule has 0 aliphatic carbocycles. The van der Waals surface area contributed by atoms with Gasteiger partial charge in [-0.25, -0.2) is 0 Å². The smallest absolute Gasteiger partial charge is 0.0790 e. The van der Waals surface area contributed by atoms with Gasteiger partial charge in [0.2, 0.25) is 0 Å². The van der Waals surface area contributed by atoms with Crippen molar-refractivity contribution in [3.8, 4) is 0 Å². The average Bonchev–Trinajstić information content (AvgIpc) is 2.92. The Balaban J connectivity index is 1.52. The average molecular weight is 284 g/mol. The Morgan fingerprint density at radius 3 is 2.65 bits per heavy atom. The topological polar surface area (TPSA) is 20.2 Å². The van der Waals surface area contributed by atoms with E-state index in [1.807, 2.05) is 42.1 Å². The highest BCUT2D eigenvalue weighted by molar-refractivity contribution is 7.99. The fraction of sp³-hybridized carbons (Fsp3) is 0.333. The molecule has 1 heterocycles. The number of hydrogen-bond acceptors (Lipinski definition) is 2. The first-order valence-electron chi connectivity index (χ1n) is 7.29. The van der Waals surface area contributed by atoms with E-state index in [0.29, 0.717) is 5.92 Å². The molecular weight excluding hydrogens is 264 g/mol. The van der Waals surface area contributed by atoms with E-state index in [2.05, 4.69) is 24.3 Å². The summed E-state index contributed by atoms with van der Waals surface area (Å²) >= 11 is 1.97. The number of aliphatic hydroxyl groups excluding tert-OH is 1. The van der Waals surface area contributed by atoms with Crippen LogP contribution in [0.3, 0.4) is 0 Å². The predicted molar refractivity (Wildman–Crippen MR) is 85.2 cm³/mol. The lowest BCUT2D eigenvalue weighted by atomic mass is 9.94. The number of fused-ring (bicyclic) bond motifs is 1. The first-order valence-corrected chi connectivity index (χ1v) is 8.28. The van der Waals surface area contributed by atoms with E-state index < -0.39 is 0 Å². The zero-order valence-electron chi connectivity index (χ0n) is 11.5. The van der Waals surface area contributed by atoms with Crippen molar-refractivity contribution in [2.75, 3.05) is 5.75 Å². The van der Waals surface area contributed by atoms with Crippen LogP contribution in [0.15, 0.2) is 59.5 Å². The SMILES string of the molecule is OC(CCCC1CSc2ccccc21)c1ccccc1. The van der Waals surface area contributed by atoms with Gasteiger partial charge in [-0.15, -0.1) is 11.8 Å². The molecule has 0 amide bonds. The molecule has 0 aromatic heterocycles. The first-order chi connectivity index (χ1) is 9.84. The lowest BCUT2D eigenvalue weighted by Gasteiger charge is -2.13. The van der Waals surface area contributed by atoms with Crippen LogP contribution < -0.4 is 0 Å². The Morgan fingerprint density at radius 2 is 1.80 bits per heavy atom. The van der Waals surface area contributed by atoms with E-state index >= 15 is 0 Å². The number of rotatable bonds is 5. The highest BCUT2D eigenvalue weighted by atomic mass is 32.2. The lowest BCUT2D eigenvalue weighted by molar-refractivity contribution is 0.163. The Morgan fingerprint density at radius 1 is 1.05 bits per heavy atom. The fourth-order valence-electron chi connectivity index (χ4n) is 2.87. The van der Waals surface area contributed by atoms with Crippen LogP contribution >= 0.6 is 11.8 Å². The van der Waals surface area contributed by atoms with Crippen molar-refractivity contribution < 1.29 is 5.11 Å². The summed E-state index contributed by atoms with van der Waals surface area (Å²) in [5, 5.41) is 10.2. The Labute approximate surface area is 125 Å². The number of benzene rings is 2. The van der Waals surface area contributed by atoms with Gasteiger partial charge in [-0.3, -0.25) is 0 Å².